The van der Waals surface area contributed by atoms with Gasteiger partial charge in [-0.2, -0.15) is 0 Å². The molecule has 0 aromatic heterocycles. The zero-order chi connectivity index (χ0) is 11.7. The molecule has 0 aromatic carbocycles. The van der Waals surface area contributed by atoms with Gasteiger partial charge in [0.15, 0.2) is 0 Å². The minimum absolute atomic E-state index is 0.551. The third kappa shape index (κ3) is 5.81. The van der Waals surface area contributed by atoms with E-state index in [1.807, 2.05) is 0 Å². The van der Waals surface area contributed by atoms with Crippen LogP contribution in [0.2, 0.25) is 0 Å². The van der Waals surface area contributed by atoms with Crippen molar-refractivity contribution in [3.05, 3.63) is 0 Å². The van der Waals surface area contributed by atoms with E-state index in [0.29, 0.717) is 12.0 Å². The third-order valence-corrected chi connectivity index (χ3v) is 2.99. The molecule has 0 aliphatic rings. The van der Waals surface area contributed by atoms with Crippen molar-refractivity contribution >= 4 is 0 Å². The van der Waals surface area contributed by atoms with Crippen molar-refractivity contribution < 1.29 is 0 Å². The van der Waals surface area contributed by atoms with E-state index >= 15 is 0 Å². The van der Waals surface area contributed by atoms with Crippen LogP contribution in [-0.4, -0.2) is 37.1 Å². The summed E-state index contributed by atoms with van der Waals surface area (Å²) in [5.41, 5.74) is 0. The van der Waals surface area contributed by atoms with E-state index in [1.54, 1.807) is 0 Å². The van der Waals surface area contributed by atoms with E-state index in [2.05, 4.69) is 43.8 Å². The van der Waals surface area contributed by atoms with Gasteiger partial charge in [0.25, 0.3) is 0 Å². The number of nitrogens with one attached hydrogen (secondary N) is 1. The topological polar surface area (TPSA) is 15.3 Å². The van der Waals surface area contributed by atoms with Crippen LogP contribution in [0.4, 0.5) is 0 Å². The van der Waals surface area contributed by atoms with Gasteiger partial charge in [-0.15, -0.1) is 6.42 Å². The minimum Gasteiger partial charge on any atom is -0.316 e. The first kappa shape index (κ1) is 14.5. The summed E-state index contributed by atoms with van der Waals surface area (Å²) in [7, 11) is 0. The molecule has 88 valence electrons. The highest BCUT2D eigenvalue weighted by atomic mass is 15.1. The molecule has 15 heavy (non-hydrogen) atoms. The Kier molecular flexibility index (Phi) is 8.46. The zero-order valence-corrected chi connectivity index (χ0v) is 10.7. The summed E-state index contributed by atoms with van der Waals surface area (Å²) in [5, 5.41) is 3.46. The van der Waals surface area contributed by atoms with Crippen LogP contribution in [0.3, 0.4) is 0 Å². The second-order valence-electron chi connectivity index (χ2n) is 4.19. The predicted octanol–water partition coefficient (Wildman–Crippen LogP) is 1.97. The van der Waals surface area contributed by atoms with E-state index in [-0.39, 0.29) is 0 Å². The number of hydrogen-bond donors (Lipinski definition) is 1. The summed E-state index contributed by atoms with van der Waals surface area (Å²) in [6.07, 6.45) is 6.55. The molecule has 0 aromatic rings. The van der Waals surface area contributed by atoms with Crippen molar-refractivity contribution in [2.24, 2.45) is 5.92 Å². The van der Waals surface area contributed by atoms with Crippen molar-refractivity contribution in [2.75, 3.05) is 26.2 Å². The van der Waals surface area contributed by atoms with Crippen molar-refractivity contribution in [1.82, 2.24) is 10.2 Å². The maximum absolute atomic E-state index is 5.36. The van der Waals surface area contributed by atoms with Crippen LogP contribution in [0.1, 0.15) is 34.1 Å². The van der Waals surface area contributed by atoms with Crippen LogP contribution in [0.5, 0.6) is 0 Å². The van der Waals surface area contributed by atoms with Crippen molar-refractivity contribution in [3.8, 4) is 12.3 Å². The fraction of sp³-hybridized carbons (Fsp3) is 0.846. The standard InChI is InChI=1S/C13H26N2/c1-6-9-14-11-12(4)13(5)15(8-3)10-7-2/h2,12-14H,6,8-11H2,1,3-5H3. The highest BCUT2D eigenvalue weighted by Gasteiger charge is 2.17. The molecule has 0 spiro atoms. The molecule has 2 heteroatoms. The normalized spacial score (nSPS) is 14.9. The first-order valence-corrected chi connectivity index (χ1v) is 6.05. The van der Waals surface area contributed by atoms with Crippen LogP contribution in [0.25, 0.3) is 0 Å². The van der Waals surface area contributed by atoms with Gasteiger partial charge in [0, 0.05) is 6.04 Å². The van der Waals surface area contributed by atoms with E-state index in [1.165, 1.54) is 6.42 Å². The molecule has 0 aliphatic heterocycles. The van der Waals surface area contributed by atoms with E-state index < -0.39 is 0 Å². The molecule has 0 bridgehead atoms. The van der Waals surface area contributed by atoms with Gasteiger partial charge in [-0.25, -0.2) is 0 Å². The molecule has 0 fully saturated rings. The molecule has 0 rings (SSSR count). The lowest BCUT2D eigenvalue weighted by molar-refractivity contribution is 0.187. The second-order valence-corrected chi connectivity index (χ2v) is 4.19. The Balaban J connectivity index is 3.93. The number of terminal acetylenes is 1. The molecular formula is C13H26N2. The molecule has 2 nitrogen and oxygen atoms in total. The number of rotatable bonds is 8. The summed E-state index contributed by atoms with van der Waals surface area (Å²) >= 11 is 0. The monoisotopic (exact) mass is 210 g/mol. The lowest BCUT2D eigenvalue weighted by Crippen LogP contribution is -2.41. The molecule has 2 atom stereocenters. The first-order valence-electron chi connectivity index (χ1n) is 6.05. The molecular weight excluding hydrogens is 184 g/mol. The molecule has 0 amide bonds. The fourth-order valence-corrected chi connectivity index (χ4v) is 1.70. The molecule has 0 saturated heterocycles. The van der Waals surface area contributed by atoms with Gasteiger partial charge >= 0.3 is 0 Å². The molecule has 1 N–H and O–H groups in total. The number of nitrogens with zero attached hydrogens (tertiary/aromatic N) is 1. The highest BCUT2D eigenvalue weighted by Crippen LogP contribution is 2.09. The van der Waals surface area contributed by atoms with Crippen molar-refractivity contribution in [3.63, 3.8) is 0 Å². The average molecular weight is 210 g/mol. The largest absolute Gasteiger partial charge is 0.316 e. The van der Waals surface area contributed by atoms with Crippen LogP contribution in [-0.2, 0) is 0 Å². The summed E-state index contributed by atoms with van der Waals surface area (Å²) in [5.74, 6) is 3.37. The van der Waals surface area contributed by atoms with Gasteiger partial charge in [0.2, 0.25) is 0 Å². The molecule has 0 radical (unpaired) electrons. The Labute approximate surface area is 95.4 Å². The SMILES string of the molecule is C#CCN(CC)C(C)C(C)CNCCC. The van der Waals surface area contributed by atoms with Gasteiger partial charge in [-0.3, -0.25) is 4.90 Å². The van der Waals surface area contributed by atoms with Gasteiger partial charge in [-0.1, -0.05) is 26.7 Å². The Hall–Kier alpha value is -0.520. The van der Waals surface area contributed by atoms with Gasteiger partial charge in [-0.05, 0) is 38.9 Å². The van der Waals surface area contributed by atoms with Crippen LogP contribution < -0.4 is 5.32 Å². The first-order chi connectivity index (χ1) is 7.17. The summed E-state index contributed by atoms with van der Waals surface area (Å²) in [6.45, 7) is 12.9. The molecule has 2 unspecified atom stereocenters. The van der Waals surface area contributed by atoms with Crippen LogP contribution in [0.15, 0.2) is 0 Å². The fourth-order valence-electron chi connectivity index (χ4n) is 1.70. The van der Waals surface area contributed by atoms with Crippen LogP contribution in [0, 0.1) is 18.3 Å². The molecule has 0 heterocycles. The summed E-state index contributed by atoms with van der Waals surface area (Å²) in [4.78, 5) is 2.35. The van der Waals surface area contributed by atoms with E-state index in [9.17, 15) is 0 Å². The third-order valence-electron chi connectivity index (χ3n) is 2.99. The summed E-state index contributed by atoms with van der Waals surface area (Å²) < 4.78 is 0. The Morgan fingerprint density at radius 1 is 1.33 bits per heavy atom. The number of hydrogen-bond acceptors (Lipinski definition) is 2. The second kappa shape index (κ2) is 8.76. The van der Waals surface area contributed by atoms with Gasteiger partial charge < -0.3 is 5.32 Å². The Bertz CT molecular complexity index is 183. The lowest BCUT2D eigenvalue weighted by Gasteiger charge is -2.31. The molecule has 0 aliphatic carbocycles. The van der Waals surface area contributed by atoms with Crippen LogP contribution >= 0.6 is 0 Å². The summed E-state index contributed by atoms with van der Waals surface area (Å²) in [6, 6.07) is 0.551. The lowest BCUT2D eigenvalue weighted by atomic mass is 10.0. The maximum Gasteiger partial charge on any atom is 0.0601 e. The predicted molar refractivity (Wildman–Crippen MR) is 67.9 cm³/mol. The van der Waals surface area contributed by atoms with Gasteiger partial charge in [0.1, 0.15) is 0 Å². The minimum atomic E-state index is 0.551. The quantitative estimate of drug-likeness (QED) is 0.487. The maximum atomic E-state index is 5.36. The molecule has 0 saturated carbocycles. The highest BCUT2D eigenvalue weighted by molar-refractivity contribution is 4.90. The smallest absolute Gasteiger partial charge is 0.0601 e. The van der Waals surface area contributed by atoms with E-state index in [4.69, 9.17) is 6.42 Å². The van der Waals surface area contributed by atoms with Crippen molar-refractivity contribution in [1.29, 1.82) is 0 Å². The van der Waals surface area contributed by atoms with E-state index in [0.717, 1.165) is 26.2 Å². The Morgan fingerprint density at radius 2 is 2.00 bits per heavy atom. The van der Waals surface area contributed by atoms with Crippen molar-refractivity contribution in [2.45, 2.75) is 40.2 Å². The average Bonchev–Trinajstić information content (AvgIpc) is 2.25. The zero-order valence-electron chi connectivity index (χ0n) is 10.7. The Morgan fingerprint density at radius 3 is 2.47 bits per heavy atom. The van der Waals surface area contributed by atoms with Gasteiger partial charge in [0.05, 0.1) is 6.54 Å².